The van der Waals surface area contributed by atoms with Crippen LogP contribution in [0.25, 0.3) is 50.9 Å². The topological polar surface area (TPSA) is 92.1 Å². The van der Waals surface area contributed by atoms with Gasteiger partial charge in [0.25, 0.3) is 0 Å². The van der Waals surface area contributed by atoms with E-state index in [1.807, 2.05) is 86.9 Å². The molecule has 0 radical (unpaired) electrons. The molecule has 0 atom stereocenters. The van der Waals surface area contributed by atoms with Crippen molar-refractivity contribution in [2.75, 3.05) is 0 Å². The summed E-state index contributed by atoms with van der Waals surface area (Å²) in [6.45, 7) is 0. The summed E-state index contributed by atoms with van der Waals surface area (Å²) in [6.07, 6.45) is 11.0. The van der Waals surface area contributed by atoms with E-state index < -0.39 is 0 Å². The molecule has 7 aromatic heterocycles. The molecule has 0 unspecified atom stereocenters. The van der Waals surface area contributed by atoms with Crippen molar-refractivity contribution in [3.8, 4) is 17.8 Å². The van der Waals surface area contributed by atoms with Crippen molar-refractivity contribution in [3.63, 3.8) is 0 Å². The zero-order valence-electron chi connectivity index (χ0n) is 17.2. The van der Waals surface area contributed by atoms with Crippen LogP contribution in [-0.4, -0.2) is 43.6 Å². The summed E-state index contributed by atoms with van der Waals surface area (Å²) in [5, 5.41) is 3.01. The lowest BCUT2D eigenvalue weighted by atomic mass is 10.3. The lowest BCUT2D eigenvalue weighted by molar-refractivity contribution is 0.817. The highest BCUT2D eigenvalue weighted by molar-refractivity contribution is 5.79. The van der Waals surface area contributed by atoms with Crippen LogP contribution in [-0.2, 0) is 0 Å². The van der Waals surface area contributed by atoms with E-state index in [9.17, 15) is 0 Å². The minimum absolute atomic E-state index is 0.458. The van der Waals surface area contributed by atoms with Crippen LogP contribution in [0.4, 0.5) is 0 Å². The molecule has 7 rings (SSSR count). The number of pyridine rings is 3. The molecule has 7 aromatic rings. The first-order valence-corrected chi connectivity index (χ1v) is 10.4. The zero-order valence-corrected chi connectivity index (χ0v) is 17.2. The lowest BCUT2D eigenvalue weighted by Crippen LogP contribution is -2.12. The van der Waals surface area contributed by atoms with Gasteiger partial charge in [-0.1, -0.05) is 0 Å². The van der Waals surface area contributed by atoms with Crippen LogP contribution in [0, 0.1) is 0 Å². The monoisotopic (exact) mass is 429 g/mol. The van der Waals surface area contributed by atoms with Gasteiger partial charge in [0.15, 0.2) is 0 Å². The summed E-state index contributed by atoms with van der Waals surface area (Å²) in [7, 11) is 0. The van der Waals surface area contributed by atoms with E-state index in [0.29, 0.717) is 17.8 Å². The number of fused-ring (bicyclic) bond motifs is 3. The van der Waals surface area contributed by atoms with E-state index in [1.165, 1.54) is 0 Å². The fraction of sp³-hybridized carbons (Fsp3) is 0. The molecule has 33 heavy (non-hydrogen) atoms. The Morgan fingerprint density at radius 2 is 0.758 bits per heavy atom. The lowest BCUT2D eigenvalue weighted by Gasteiger charge is -2.10. The van der Waals surface area contributed by atoms with E-state index >= 15 is 0 Å². The molecule has 0 N–H and O–H groups in total. The van der Waals surface area contributed by atoms with Crippen molar-refractivity contribution in [1.82, 2.24) is 43.6 Å². The maximum absolute atomic E-state index is 4.80. The first-order chi connectivity index (χ1) is 16.3. The third kappa shape index (κ3) is 2.72. The second-order valence-electron chi connectivity index (χ2n) is 7.54. The Morgan fingerprint density at radius 3 is 1.09 bits per heavy atom. The molecule has 0 bridgehead atoms. The van der Waals surface area contributed by atoms with Gasteiger partial charge in [0.2, 0.25) is 17.8 Å². The number of hydrogen-bond acceptors (Lipinski definition) is 6. The van der Waals surface area contributed by atoms with E-state index in [0.717, 1.165) is 33.1 Å². The summed E-state index contributed by atoms with van der Waals surface area (Å²) in [4.78, 5) is 28.0. The standard InChI is InChI=1S/C24H15N9/c1-4-16-7-13-31(19(16)25-10-1)22-28-23(32-14-8-17-5-2-11-26-20(17)32)30-24(29-22)33-15-9-18-6-3-12-27-21(18)33/h1-15H. The molecule has 0 aliphatic rings. The van der Waals surface area contributed by atoms with Gasteiger partial charge in [0, 0.05) is 53.3 Å². The molecular weight excluding hydrogens is 414 g/mol. The smallest absolute Gasteiger partial charge is 0.242 e. The van der Waals surface area contributed by atoms with Crippen molar-refractivity contribution in [1.29, 1.82) is 0 Å². The van der Waals surface area contributed by atoms with Crippen molar-refractivity contribution in [3.05, 3.63) is 91.8 Å². The molecule has 0 aromatic carbocycles. The van der Waals surface area contributed by atoms with Crippen LogP contribution in [0.15, 0.2) is 91.8 Å². The van der Waals surface area contributed by atoms with E-state index in [1.54, 1.807) is 18.6 Å². The van der Waals surface area contributed by atoms with Crippen LogP contribution < -0.4 is 0 Å². The molecule has 156 valence electrons. The summed E-state index contributed by atoms with van der Waals surface area (Å²) < 4.78 is 5.59. The second kappa shape index (κ2) is 6.79. The summed E-state index contributed by atoms with van der Waals surface area (Å²) in [6, 6.07) is 17.7. The third-order valence-electron chi connectivity index (χ3n) is 5.59. The average molecular weight is 429 g/mol. The zero-order chi connectivity index (χ0) is 21.8. The van der Waals surface area contributed by atoms with Crippen LogP contribution in [0.2, 0.25) is 0 Å². The fourth-order valence-corrected chi connectivity index (χ4v) is 4.05. The van der Waals surface area contributed by atoms with Crippen molar-refractivity contribution in [2.24, 2.45) is 0 Å². The molecule has 0 fully saturated rings. The highest BCUT2D eigenvalue weighted by Crippen LogP contribution is 2.22. The maximum atomic E-state index is 4.80. The molecule has 0 saturated carbocycles. The minimum Gasteiger partial charge on any atom is -0.269 e. The number of aromatic nitrogens is 9. The van der Waals surface area contributed by atoms with Gasteiger partial charge in [-0.2, -0.15) is 15.0 Å². The van der Waals surface area contributed by atoms with Crippen molar-refractivity contribution < 1.29 is 0 Å². The summed E-state index contributed by atoms with van der Waals surface area (Å²) in [5.74, 6) is 1.37. The molecule has 0 spiro atoms. The largest absolute Gasteiger partial charge is 0.269 e. The summed E-state index contributed by atoms with van der Waals surface area (Å²) >= 11 is 0. The predicted octanol–water partition coefficient (Wildman–Crippen LogP) is 3.89. The molecule has 0 amide bonds. The Labute approximate surface area is 186 Å². The van der Waals surface area contributed by atoms with Crippen molar-refractivity contribution >= 4 is 33.1 Å². The molecule has 9 nitrogen and oxygen atoms in total. The first-order valence-electron chi connectivity index (χ1n) is 10.4. The SMILES string of the molecule is c1cnc2c(c1)ccn2-c1nc(-n2ccc3cccnc32)nc(-n2ccc3cccnc32)n1. The van der Waals surface area contributed by atoms with Gasteiger partial charge in [0.05, 0.1) is 0 Å². The minimum atomic E-state index is 0.458. The Morgan fingerprint density at radius 1 is 0.424 bits per heavy atom. The molecule has 0 aliphatic carbocycles. The van der Waals surface area contributed by atoms with Gasteiger partial charge >= 0.3 is 0 Å². The first kappa shape index (κ1) is 17.7. The molecule has 7 heterocycles. The van der Waals surface area contributed by atoms with Gasteiger partial charge in [0.1, 0.15) is 16.9 Å². The van der Waals surface area contributed by atoms with Crippen LogP contribution in [0.1, 0.15) is 0 Å². The molecule has 0 aliphatic heterocycles. The van der Waals surface area contributed by atoms with Gasteiger partial charge in [-0.25, -0.2) is 15.0 Å². The highest BCUT2D eigenvalue weighted by Gasteiger charge is 2.16. The Balaban J connectivity index is 1.52. The highest BCUT2D eigenvalue weighted by atomic mass is 15.3. The second-order valence-corrected chi connectivity index (χ2v) is 7.54. The van der Waals surface area contributed by atoms with Crippen molar-refractivity contribution in [2.45, 2.75) is 0 Å². The number of rotatable bonds is 3. The Bertz CT molecular complexity index is 1570. The van der Waals surface area contributed by atoms with E-state index in [2.05, 4.69) is 15.0 Å². The molecule has 9 heteroatoms. The van der Waals surface area contributed by atoms with Gasteiger partial charge in [-0.05, 0) is 54.6 Å². The normalized spacial score (nSPS) is 11.6. The van der Waals surface area contributed by atoms with Crippen LogP contribution >= 0.6 is 0 Å². The maximum Gasteiger partial charge on any atom is 0.242 e. The van der Waals surface area contributed by atoms with Crippen LogP contribution in [0.5, 0.6) is 0 Å². The number of hydrogen-bond donors (Lipinski definition) is 0. The van der Waals surface area contributed by atoms with Gasteiger partial charge in [-0.3, -0.25) is 13.7 Å². The third-order valence-corrected chi connectivity index (χ3v) is 5.59. The predicted molar refractivity (Wildman–Crippen MR) is 124 cm³/mol. The quantitative estimate of drug-likeness (QED) is 0.423. The fourth-order valence-electron chi connectivity index (χ4n) is 4.05. The van der Waals surface area contributed by atoms with Gasteiger partial charge in [-0.15, -0.1) is 0 Å². The van der Waals surface area contributed by atoms with E-state index in [-0.39, 0.29) is 0 Å². The molecular formula is C24H15N9. The Kier molecular flexibility index (Phi) is 3.65. The van der Waals surface area contributed by atoms with Crippen LogP contribution in [0.3, 0.4) is 0 Å². The van der Waals surface area contributed by atoms with Gasteiger partial charge < -0.3 is 0 Å². The molecule has 0 saturated heterocycles. The Hall–Kier alpha value is -4.92. The summed E-state index contributed by atoms with van der Waals surface area (Å²) in [5.41, 5.74) is 2.31. The average Bonchev–Trinajstić information content (AvgIpc) is 3.60. The van der Waals surface area contributed by atoms with E-state index in [4.69, 9.17) is 15.0 Å². The number of nitrogens with zero attached hydrogens (tertiary/aromatic N) is 9.